The van der Waals surface area contributed by atoms with Crippen molar-refractivity contribution >= 4 is 5.91 Å². The van der Waals surface area contributed by atoms with Gasteiger partial charge in [-0.1, -0.05) is 19.0 Å². The maximum absolute atomic E-state index is 12.0. The highest BCUT2D eigenvalue weighted by Crippen LogP contribution is 2.12. The number of rotatable bonds is 7. The van der Waals surface area contributed by atoms with Crippen LogP contribution in [0.5, 0.6) is 0 Å². The van der Waals surface area contributed by atoms with E-state index in [1.165, 1.54) is 0 Å². The second kappa shape index (κ2) is 7.01. The zero-order chi connectivity index (χ0) is 15.2. The molecule has 0 saturated heterocycles. The Morgan fingerprint density at radius 2 is 2.29 bits per heavy atom. The van der Waals surface area contributed by atoms with Crippen LogP contribution in [0.1, 0.15) is 49.9 Å². The number of aromatic amines is 1. The summed E-state index contributed by atoms with van der Waals surface area (Å²) in [6.45, 7) is 4.35. The fraction of sp³-hybridized carbons (Fsp3) is 0.571. The Morgan fingerprint density at radius 3 is 2.90 bits per heavy atom. The van der Waals surface area contributed by atoms with E-state index in [0.29, 0.717) is 24.7 Å². The van der Waals surface area contributed by atoms with Crippen LogP contribution in [0.15, 0.2) is 16.9 Å². The van der Waals surface area contributed by atoms with E-state index in [2.05, 4.69) is 20.3 Å². The summed E-state index contributed by atoms with van der Waals surface area (Å²) in [6.07, 6.45) is 5.76. The Bertz CT molecular complexity index is 562. The molecule has 2 heterocycles. The van der Waals surface area contributed by atoms with Crippen molar-refractivity contribution in [1.29, 1.82) is 0 Å². The summed E-state index contributed by atoms with van der Waals surface area (Å²) in [4.78, 5) is 17.9. The Kier molecular flexibility index (Phi) is 5.08. The lowest BCUT2D eigenvalue weighted by atomic mass is 10.1. The minimum absolute atomic E-state index is 0.0781. The van der Waals surface area contributed by atoms with Gasteiger partial charge in [0.2, 0.25) is 11.8 Å². The first-order valence-electron chi connectivity index (χ1n) is 7.10. The first-order chi connectivity index (χ1) is 10.1. The highest BCUT2D eigenvalue weighted by atomic mass is 16.5. The van der Waals surface area contributed by atoms with Gasteiger partial charge in [0, 0.05) is 25.6 Å². The van der Waals surface area contributed by atoms with E-state index >= 15 is 0 Å². The molecule has 0 bridgehead atoms. The molecule has 0 aromatic carbocycles. The number of nitrogens with zero attached hydrogens (tertiary/aromatic N) is 4. The summed E-state index contributed by atoms with van der Waals surface area (Å²) in [6, 6.07) is 0. The normalized spacial score (nSPS) is 11.0. The molecule has 0 fully saturated rings. The Morgan fingerprint density at radius 1 is 1.48 bits per heavy atom. The van der Waals surface area contributed by atoms with Gasteiger partial charge < -0.3 is 9.42 Å². The number of H-pyrrole nitrogens is 1. The van der Waals surface area contributed by atoms with Gasteiger partial charge in [0.15, 0.2) is 5.82 Å². The molecule has 2 aromatic heterocycles. The third-order valence-corrected chi connectivity index (χ3v) is 3.19. The van der Waals surface area contributed by atoms with Gasteiger partial charge >= 0.3 is 0 Å². The van der Waals surface area contributed by atoms with Gasteiger partial charge in [0.25, 0.3) is 0 Å². The van der Waals surface area contributed by atoms with Gasteiger partial charge in [-0.2, -0.15) is 10.1 Å². The summed E-state index contributed by atoms with van der Waals surface area (Å²) < 4.78 is 5.13. The Balaban J connectivity index is 1.76. The lowest BCUT2D eigenvalue weighted by Crippen LogP contribution is -2.26. The van der Waals surface area contributed by atoms with Crippen molar-refractivity contribution < 1.29 is 9.32 Å². The molecule has 0 radical (unpaired) electrons. The van der Waals surface area contributed by atoms with Crippen molar-refractivity contribution in [3.8, 4) is 0 Å². The number of hydrogen-bond donors (Lipinski definition) is 1. The molecule has 0 aliphatic rings. The largest absolute Gasteiger partial charge is 0.339 e. The van der Waals surface area contributed by atoms with Gasteiger partial charge in [-0.05, 0) is 18.4 Å². The van der Waals surface area contributed by atoms with Gasteiger partial charge in [-0.15, -0.1) is 0 Å². The molecule has 21 heavy (non-hydrogen) atoms. The monoisotopic (exact) mass is 291 g/mol. The average Bonchev–Trinajstić information content (AvgIpc) is 3.09. The molecule has 7 nitrogen and oxygen atoms in total. The minimum Gasteiger partial charge on any atom is -0.339 e. The quantitative estimate of drug-likeness (QED) is 0.841. The summed E-state index contributed by atoms with van der Waals surface area (Å²) in [7, 11) is 1.76. The van der Waals surface area contributed by atoms with E-state index in [1.54, 1.807) is 18.1 Å². The van der Waals surface area contributed by atoms with E-state index in [1.807, 2.05) is 20.0 Å². The molecule has 0 unspecified atom stereocenters. The lowest BCUT2D eigenvalue weighted by Gasteiger charge is -2.14. The standard InChI is InChI=1S/C14H21N5O2/c1-10(2)14-17-12(18-21-14)9-19(3)13(20)6-4-5-11-7-15-16-8-11/h7-8,10H,4-6,9H2,1-3H3,(H,15,16). The number of nitrogens with one attached hydrogen (secondary N) is 1. The van der Waals surface area contributed by atoms with E-state index in [0.717, 1.165) is 18.4 Å². The average molecular weight is 291 g/mol. The van der Waals surface area contributed by atoms with Crippen LogP contribution in [0.25, 0.3) is 0 Å². The van der Waals surface area contributed by atoms with Gasteiger partial charge in [-0.25, -0.2) is 0 Å². The first-order valence-corrected chi connectivity index (χ1v) is 7.10. The fourth-order valence-electron chi connectivity index (χ4n) is 1.92. The molecule has 0 atom stereocenters. The van der Waals surface area contributed by atoms with Gasteiger partial charge in [0.1, 0.15) is 0 Å². The van der Waals surface area contributed by atoms with Crippen LogP contribution in [0.2, 0.25) is 0 Å². The minimum atomic E-state index is 0.0781. The Hall–Kier alpha value is -2.18. The maximum Gasteiger partial charge on any atom is 0.229 e. The smallest absolute Gasteiger partial charge is 0.229 e. The SMILES string of the molecule is CC(C)c1nc(CN(C)C(=O)CCCc2cn[nH]c2)no1. The van der Waals surface area contributed by atoms with Gasteiger partial charge in [0.05, 0.1) is 12.7 Å². The molecule has 2 rings (SSSR count). The zero-order valence-corrected chi connectivity index (χ0v) is 12.7. The molecule has 7 heteroatoms. The van der Waals surface area contributed by atoms with Crippen LogP contribution in [0.3, 0.4) is 0 Å². The topological polar surface area (TPSA) is 87.9 Å². The number of aromatic nitrogens is 4. The number of amides is 1. The number of aryl methyl sites for hydroxylation is 1. The van der Waals surface area contributed by atoms with E-state index in [4.69, 9.17) is 4.52 Å². The molecule has 0 spiro atoms. The van der Waals surface area contributed by atoms with Crippen molar-refractivity contribution in [1.82, 2.24) is 25.2 Å². The highest BCUT2D eigenvalue weighted by molar-refractivity contribution is 5.75. The van der Waals surface area contributed by atoms with Crippen molar-refractivity contribution in [3.05, 3.63) is 29.7 Å². The third-order valence-electron chi connectivity index (χ3n) is 3.19. The van der Waals surface area contributed by atoms with Crippen molar-refractivity contribution in [3.63, 3.8) is 0 Å². The van der Waals surface area contributed by atoms with Crippen LogP contribution in [-0.4, -0.2) is 38.2 Å². The van der Waals surface area contributed by atoms with Crippen molar-refractivity contribution in [2.75, 3.05) is 7.05 Å². The van der Waals surface area contributed by atoms with Crippen LogP contribution < -0.4 is 0 Å². The summed E-state index contributed by atoms with van der Waals surface area (Å²) >= 11 is 0. The summed E-state index contributed by atoms with van der Waals surface area (Å²) in [5.74, 6) is 1.42. The Labute approximate surface area is 123 Å². The third kappa shape index (κ3) is 4.40. The fourth-order valence-corrected chi connectivity index (χ4v) is 1.92. The number of carbonyl (C=O) groups is 1. The molecule has 2 aromatic rings. The molecular formula is C14H21N5O2. The second-order valence-electron chi connectivity index (χ2n) is 5.41. The molecular weight excluding hydrogens is 270 g/mol. The predicted molar refractivity (Wildman–Crippen MR) is 76.4 cm³/mol. The molecule has 114 valence electrons. The molecule has 1 N–H and O–H groups in total. The summed E-state index contributed by atoms with van der Waals surface area (Å²) in [5, 5.41) is 10.5. The molecule has 1 amide bonds. The number of hydrogen-bond acceptors (Lipinski definition) is 5. The van der Waals surface area contributed by atoms with Crippen molar-refractivity contribution in [2.45, 2.75) is 45.6 Å². The zero-order valence-electron chi connectivity index (χ0n) is 12.7. The van der Waals surface area contributed by atoms with Crippen molar-refractivity contribution in [2.24, 2.45) is 0 Å². The molecule has 0 aliphatic heterocycles. The summed E-state index contributed by atoms with van der Waals surface area (Å²) in [5.41, 5.74) is 1.12. The lowest BCUT2D eigenvalue weighted by molar-refractivity contribution is -0.130. The predicted octanol–water partition coefficient (Wildman–Crippen LogP) is 1.90. The maximum atomic E-state index is 12.0. The highest BCUT2D eigenvalue weighted by Gasteiger charge is 2.14. The molecule has 0 saturated carbocycles. The van der Waals surface area contributed by atoms with Crippen LogP contribution in [0.4, 0.5) is 0 Å². The van der Waals surface area contributed by atoms with E-state index in [9.17, 15) is 4.79 Å². The van der Waals surface area contributed by atoms with E-state index < -0.39 is 0 Å². The van der Waals surface area contributed by atoms with Gasteiger partial charge in [-0.3, -0.25) is 9.89 Å². The molecule has 0 aliphatic carbocycles. The first kappa shape index (κ1) is 15.2. The number of carbonyl (C=O) groups excluding carboxylic acids is 1. The van der Waals surface area contributed by atoms with Crippen LogP contribution in [0, 0.1) is 0 Å². The van der Waals surface area contributed by atoms with E-state index in [-0.39, 0.29) is 11.8 Å². The van der Waals surface area contributed by atoms with Crippen LogP contribution >= 0.6 is 0 Å². The second-order valence-corrected chi connectivity index (χ2v) is 5.41. The van der Waals surface area contributed by atoms with Crippen LogP contribution in [-0.2, 0) is 17.8 Å².